The Balaban J connectivity index is 1.01. The van der Waals surface area contributed by atoms with Gasteiger partial charge >= 0.3 is 6.18 Å². The van der Waals surface area contributed by atoms with E-state index in [4.69, 9.17) is 21.1 Å². The van der Waals surface area contributed by atoms with E-state index in [2.05, 4.69) is 10.3 Å². The lowest BCUT2D eigenvalue weighted by atomic mass is 9.92. The molecule has 4 aromatic rings. The number of nitrogens with one attached hydrogen (secondary N) is 1. The third kappa shape index (κ3) is 6.68. The maximum absolute atomic E-state index is 13.9. The summed E-state index contributed by atoms with van der Waals surface area (Å²) in [5.41, 5.74) is 4.28. The second kappa shape index (κ2) is 14.5. The van der Waals surface area contributed by atoms with Crippen LogP contribution < -0.4 is 24.6 Å². The summed E-state index contributed by atoms with van der Waals surface area (Å²) >= 11 is 6.37. The summed E-state index contributed by atoms with van der Waals surface area (Å²) in [5, 5.41) is 23.8. The van der Waals surface area contributed by atoms with Gasteiger partial charge in [-0.1, -0.05) is 24.3 Å². The van der Waals surface area contributed by atoms with Crippen molar-refractivity contribution in [3.8, 4) is 17.2 Å². The van der Waals surface area contributed by atoms with Gasteiger partial charge in [0.25, 0.3) is 11.8 Å². The van der Waals surface area contributed by atoms with Crippen molar-refractivity contribution in [3.05, 3.63) is 76.9 Å². The van der Waals surface area contributed by atoms with Gasteiger partial charge < -0.3 is 29.9 Å². The number of unbranched alkanes of at least 4 members (excludes halogenated alkanes) is 1. The van der Waals surface area contributed by atoms with Gasteiger partial charge in [-0.15, -0.1) is 11.6 Å². The average molecular weight is 765 g/mol. The van der Waals surface area contributed by atoms with Gasteiger partial charge in [-0.05, 0) is 60.0 Å². The average Bonchev–Trinajstić information content (AvgIpc) is 3.66. The summed E-state index contributed by atoms with van der Waals surface area (Å²) in [6.07, 6.45) is -5.06. The monoisotopic (exact) mass is 764 g/mol. The molecule has 0 spiro atoms. The lowest BCUT2D eigenvalue weighted by Crippen LogP contribution is -2.40. The molecule has 0 unspecified atom stereocenters. The van der Waals surface area contributed by atoms with Crippen molar-refractivity contribution in [2.45, 2.75) is 56.8 Å². The van der Waals surface area contributed by atoms with Crippen LogP contribution in [0.25, 0.3) is 10.8 Å². The molecule has 3 aliphatic heterocycles. The van der Waals surface area contributed by atoms with Crippen LogP contribution in [0.2, 0.25) is 0 Å². The van der Waals surface area contributed by atoms with Gasteiger partial charge in [0.15, 0.2) is 11.5 Å². The Morgan fingerprint density at radius 2 is 1.89 bits per heavy atom. The molecule has 3 atom stereocenters. The van der Waals surface area contributed by atoms with Crippen molar-refractivity contribution in [2.24, 2.45) is 4.99 Å². The van der Waals surface area contributed by atoms with Crippen LogP contribution in [0, 0.1) is 6.92 Å². The largest absolute Gasteiger partial charge is 0.507 e. The molecule has 15 heteroatoms. The summed E-state index contributed by atoms with van der Waals surface area (Å²) in [5.74, 6) is -1.15. The van der Waals surface area contributed by atoms with Gasteiger partial charge in [0.2, 0.25) is 12.0 Å². The molecule has 0 saturated heterocycles. The number of nitrogens with zero attached hydrogens (tertiary/aromatic N) is 3. The molecule has 282 valence electrons. The number of ether oxygens (including phenoxy) is 2. The Morgan fingerprint density at radius 1 is 1.09 bits per heavy atom. The second-order valence-electron chi connectivity index (χ2n) is 13.5. The molecule has 3 N–H and O–H groups in total. The number of carbonyl (C=O) groups excluding carboxylic acids is 3. The first-order chi connectivity index (χ1) is 25.8. The molecule has 0 fully saturated rings. The first-order valence-corrected chi connectivity index (χ1v) is 17.9. The Morgan fingerprint density at radius 3 is 2.63 bits per heavy atom. The fourth-order valence-electron chi connectivity index (χ4n) is 7.42. The zero-order valence-electron chi connectivity index (χ0n) is 29.2. The lowest BCUT2D eigenvalue weighted by Gasteiger charge is -2.22. The number of carbonyl (C=O) groups is 3. The number of hydrogen-bond acceptors (Lipinski definition) is 8. The van der Waals surface area contributed by atoms with Crippen molar-refractivity contribution in [1.82, 2.24) is 0 Å². The smallest absolute Gasteiger partial charge is 0.423 e. The second-order valence-corrected chi connectivity index (χ2v) is 13.8. The van der Waals surface area contributed by atoms with E-state index in [1.54, 1.807) is 29.3 Å². The normalized spacial score (nSPS) is 17.8. The number of alkyl halides is 4. The maximum Gasteiger partial charge on any atom is 0.423 e. The highest BCUT2D eigenvalue weighted by molar-refractivity contribution is 6.19. The standard InChI is InChI=1S/C39H36ClF3N4O7/c1-20-6-5-7-25-30(48)16-29-35(34(20)25)22(17-40)19-46(29)33(49)8-3-4-11-54-32-15-27-26(14-31(32)53-2)38(52)47-24(18-44-27)12-21-9-10-23(13-28(21)47)45-37(51)36(50)39(41,42)43/h5-7,9-10,13-16,18,22,24,36,48,50H,3-4,8,11-12,17,19H2,1-2H3,(H,45,51)/t22-,24+,36-/m1/s1. The molecule has 7 rings (SSSR count). The van der Waals surface area contributed by atoms with E-state index >= 15 is 0 Å². The molecule has 3 heterocycles. The molecule has 0 aliphatic carbocycles. The number of aliphatic imine (C=N–C) groups is 1. The molecule has 3 amide bonds. The van der Waals surface area contributed by atoms with E-state index in [-0.39, 0.29) is 47.6 Å². The summed E-state index contributed by atoms with van der Waals surface area (Å²) in [6.45, 7) is 2.65. The minimum atomic E-state index is -5.13. The van der Waals surface area contributed by atoms with Crippen molar-refractivity contribution in [2.75, 3.05) is 41.3 Å². The number of methoxy groups -OCH3 is 1. The van der Waals surface area contributed by atoms with Crippen LogP contribution in [0.15, 0.2) is 59.6 Å². The maximum atomic E-state index is 13.9. The van der Waals surface area contributed by atoms with Gasteiger partial charge in [0.1, 0.15) is 5.75 Å². The van der Waals surface area contributed by atoms with E-state index in [1.807, 2.05) is 25.1 Å². The van der Waals surface area contributed by atoms with Gasteiger partial charge in [-0.25, -0.2) is 0 Å². The predicted molar refractivity (Wildman–Crippen MR) is 198 cm³/mol. The van der Waals surface area contributed by atoms with Crippen molar-refractivity contribution in [3.63, 3.8) is 0 Å². The number of phenols is 1. The summed E-state index contributed by atoms with van der Waals surface area (Å²) in [6, 6.07) is 14.4. The Bertz CT molecular complexity index is 2210. The Kier molecular flexibility index (Phi) is 9.92. The van der Waals surface area contributed by atoms with Crippen LogP contribution in [0.3, 0.4) is 0 Å². The fraction of sp³-hybridized carbons (Fsp3) is 0.333. The number of anilines is 3. The third-order valence-corrected chi connectivity index (χ3v) is 10.4. The molecule has 0 aromatic heterocycles. The number of halogens is 4. The number of aryl methyl sites for hydroxylation is 1. The minimum absolute atomic E-state index is 0.0207. The number of aliphatic hydroxyl groups excluding tert-OH is 1. The number of aromatic hydroxyl groups is 1. The van der Waals surface area contributed by atoms with Gasteiger partial charge in [0, 0.05) is 60.6 Å². The van der Waals surface area contributed by atoms with Crippen LogP contribution in [-0.4, -0.2) is 78.6 Å². The van der Waals surface area contributed by atoms with E-state index in [1.165, 1.54) is 30.2 Å². The first-order valence-electron chi connectivity index (χ1n) is 17.3. The lowest BCUT2D eigenvalue weighted by molar-refractivity contribution is -0.202. The van der Waals surface area contributed by atoms with E-state index in [0.29, 0.717) is 54.5 Å². The van der Waals surface area contributed by atoms with Crippen LogP contribution in [0.5, 0.6) is 17.2 Å². The van der Waals surface area contributed by atoms with Crippen LogP contribution in [-0.2, 0) is 16.0 Å². The summed E-state index contributed by atoms with van der Waals surface area (Å²) < 4.78 is 50.2. The fourth-order valence-corrected chi connectivity index (χ4v) is 7.68. The highest BCUT2D eigenvalue weighted by Gasteiger charge is 2.44. The highest BCUT2D eigenvalue weighted by atomic mass is 35.5. The predicted octanol–water partition coefficient (Wildman–Crippen LogP) is 6.93. The van der Waals surface area contributed by atoms with Crippen LogP contribution in [0.4, 0.5) is 35.9 Å². The minimum Gasteiger partial charge on any atom is -0.507 e. The summed E-state index contributed by atoms with van der Waals surface area (Å²) in [7, 11) is 1.43. The molecule has 54 heavy (non-hydrogen) atoms. The Hall–Kier alpha value is -5.34. The van der Waals surface area contributed by atoms with E-state index in [9.17, 15) is 37.8 Å². The quantitative estimate of drug-likeness (QED) is 0.118. The number of fused-ring (bicyclic) bond motifs is 7. The molecule has 0 saturated carbocycles. The topological polar surface area (TPSA) is 141 Å². The zero-order valence-corrected chi connectivity index (χ0v) is 30.0. The van der Waals surface area contributed by atoms with Gasteiger partial charge in [-0.2, -0.15) is 13.2 Å². The van der Waals surface area contributed by atoms with Crippen molar-refractivity contribution < 1.29 is 47.2 Å². The number of aliphatic hydroxyl groups is 1. The molecule has 0 radical (unpaired) electrons. The Labute approximate surface area is 312 Å². The van der Waals surface area contributed by atoms with Gasteiger partial charge in [0.05, 0.1) is 42.4 Å². The number of phenolic OH excluding ortho intramolecular Hbond substituents is 1. The number of rotatable bonds is 10. The third-order valence-electron chi connectivity index (χ3n) is 10.0. The SMILES string of the molecule is COc1cc2c(cc1OCCCCC(=O)N1C[C@@H](CCl)c3c1cc(O)c1cccc(C)c31)N=C[C@@H]1Cc3ccc(NC(=O)[C@@H](O)C(F)(F)F)cc3N1C2=O. The van der Waals surface area contributed by atoms with Crippen molar-refractivity contribution in [1.29, 1.82) is 0 Å². The van der Waals surface area contributed by atoms with E-state index < -0.39 is 30.1 Å². The number of amides is 3. The van der Waals surface area contributed by atoms with E-state index in [0.717, 1.165) is 27.5 Å². The zero-order chi connectivity index (χ0) is 38.5. The molecular formula is C39H36ClF3N4O7. The van der Waals surface area contributed by atoms with Gasteiger partial charge in [-0.3, -0.25) is 24.3 Å². The molecular weight excluding hydrogens is 729 g/mol. The van der Waals surface area contributed by atoms with Crippen LogP contribution in [0.1, 0.15) is 52.2 Å². The highest BCUT2D eigenvalue weighted by Crippen LogP contribution is 2.47. The molecule has 4 aromatic carbocycles. The van der Waals surface area contributed by atoms with Crippen molar-refractivity contribution >= 4 is 69.1 Å². The summed E-state index contributed by atoms with van der Waals surface area (Å²) in [4.78, 5) is 47.1. The first kappa shape index (κ1) is 37.0. The number of benzene rings is 4. The molecule has 3 aliphatic rings. The molecule has 0 bridgehead atoms. The number of hydrogen-bond donors (Lipinski definition) is 3. The molecule has 11 nitrogen and oxygen atoms in total. The van der Waals surface area contributed by atoms with Crippen LogP contribution >= 0.6 is 11.6 Å².